The first-order valence-corrected chi connectivity index (χ1v) is 34.0. The predicted molar refractivity (Wildman–Crippen MR) is 339 cm³/mol. The number of imidazole rings is 1. The van der Waals surface area contributed by atoms with Crippen LogP contribution in [0.1, 0.15) is 89.6 Å². The number of fused-ring (bicyclic) bond motifs is 2. The SMILES string of the molecule is CCN(CC)c1ccc2c(-c3ccc(S(=O)(=O)NCCCCNCCCC[C@H](NC(=O)Cc4csc(=N)n4C)C(=O)N[C@@H](Cc4c[n+](Cc5ccccc5)cn4C)C(=O)NC4CCN(C)CC4)cc3S(=O)(=O)O)c3ccc(=[N+](CC)CC)cc-3oc2c1. The molecule has 8 rings (SSSR count). The van der Waals surface area contributed by atoms with Crippen molar-refractivity contribution >= 4 is 65.9 Å². The molecule has 3 aromatic carbocycles. The summed E-state index contributed by atoms with van der Waals surface area (Å²) in [4.78, 5) is 46.1. The van der Waals surface area contributed by atoms with Gasteiger partial charge < -0.3 is 40.1 Å². The second-order valence-electron chi connectivity index (χ2n) is 22.4. The number of hydrogen-bond donors (Lipinski definition) is 7. The molecule has 0 radical (unpaired) electrons. The highest BCUT2D eigenvalue weighted by Crippen LogP contribution is 2.43. The number of carbonyl (C=O) groups excluding carboxylic acids is 3. The first kappa shape index (κ1) is 65.9. The zero-order chi connectivity index (χ0) is 62.4. The van der Waals surface area contributed by atoms with E-state index in [1.54, 1.807) is 17.0 Å². The Bertz CT molecular complexity index is 3840. The van der Waals surface area contributed by atoms with Crippen LogP contribution in [0.2, 0.25) is 0 Å². The van der Waals surface area contributed by atoms with Gasteiger partial charge in [-0.25, -0.2) is 26.8 Å². The molecule has 0 saturated carbocycles. The molecule has 7 N–H and O–H groups in total. The number of nitrogens with zero attached hydrogens (tertiary/aromatic N) is 6. The summed E-state index contributed by atoms with van der Waals surface area (Å²) < 4.78 is 81.9. The molecule has 5 aromatic rings. The molecule has 1 fully saturated rings. The lowest BCUT2D eigenvalue weighted by Gasteiger charge is -2.31. The molecule has 1 saturated heterocycles. The molecular weight excluding hydrogens is 1160 g/mol. The van der Waals surface area contributed by atoms with Gasteiger partial charge in [0.05, 0.1) is 24.4 Å². The third-order valence-corrected chi connectivity index (χ3v) is 19.6. The molecule has 3 amide bonds. The lowest BCUT2D eigenvalue weighted by molar-refractivity contribution is -0.688. The Morgan fingerprint density at radius 1 is 0.816 bits per heavy atom. The maximum atomic E-state index is 14.4. The highest BCUT2D eigenvalue weighted by atomic mass is 32.2. The number of thiazole rings is 1. The number of benzene rings is 4. The molecule has 2 aliphatic heterocycles. The van der Waals surface area contributed by atoms with Crippen LogP contribution in [0.5, 0.6) is 0 Å². The summed E-state index contributed by atoms with van der Waals surface area (Å²) in [5, 5.41) is 24.0. The molecule has 87 heavy (non-hydrogen) atoms. The normalized spacial score (nSPS) is 14.1. The van der Waals surface area contributed by atoms with Crippen LogP contribution in [0.4, 0.5) is 5.69 Å². The van der Waals surface area contributed by atoms with Gasteiger partial charge in [-0.2, -0.15) is 8.42 Å². The van der Waals surface area contributed by atoms with Crippen molar-refractivity contribution in [1.82, 2.24) is 44.6 Å². The van der Waals surface area contributed by atoms with Crippen LogP contribution in [0, 0.1) is 5.41 Å². The predicted octanol–water partition coefficient (Wildman–Crippen LogP) is 5.15. The molecule has 24 heteroatoms. The molecule has 2 aromatic heterocycles. The molecule has 0 spiro atoms. The Morgan fingerprint density at radius 2 is 1.52 bits per heavy atom. The largest absolute Gasteiger partial charge is 0.456 e. The Kier molecular flexibility index (Phi) is 22.9. The maximum absolute atomic E-state index is 14.4. The maximum Gasteiger partial charge on any atom is 0.295 e. The van der Waals surface area contributed by atoms with E-state index in [2.05, 4.69) is 87.2 Å². The molecule has 2 atom stereocenters. The standard InChI is InChI=1S/C63H84N12O9S3/c1-8-74(9-2)46-22-25-51-56(36-46)84-57-37-47(75(10-3)11-4)23-26-52(57)60(51)53-27-24-50(39-58(53)87(81,82)83)86(79,80)66-32-18-17-31-65-30-16-15-21-54(68-59(76)38-49-42-85-63(64)72(49)7)61(77)69-55(62(78)67-45-28-33-70(5)34-29-45)35-48-41-73(43-71(48)6)40-44-19-13-12-14-20-44/h12-14,19-20,22-27,36-37,39,41-43,45,54-55,64-66H,8-11,15-18,21,28-35,38,40H2,1-7H3,(H2-2,67,68,69,76,77,78,81,82,83)/p+2/t54-,55-/m0/s1. The molecular formula is C63H86N12O9S3+2. The average molecular weight is 1250 g/mol. The average Bonchev–Trinajstić information content (AvgIpc) is 1.69. The number of likely N-dealkylation sites (tertiary alicyclic amines) is 1. The lowest BCUT2D eigenvalue weighted by Crippen LogP contribution is -2.56. The van der Waals surface area contributed by atoms with Crippen molar-refractivity contribution in [3.63, 3.8) is 0 Å². The molecule has 21 nitrogen and oxygen atoms in total. The van der Waals surface area contributed by atoms with Crippen molar-refractivity contribution in [3.05, 3.63) is 130 Å². The number of amides is 3. The molecule has 0 bridgehead atoms. The fourth-order valence-corrected chi connectivity index (χ4v) is 14.0. The van der Waals surface area contributed by atoms with Gasteiger partial charge in [-0.3, -0.25) is 24.3 Å². The summed E-state index contributed by atoms with van der Waals surface area (Å²) in [5.41, 5.74) is 5.19. The van der Waals surface area contributed by atoms with Crippen LogP contribution in [-0.2, 0) is 68.0 Å². The number of aromatic nitrogens is 3. The van der Waals surface area contributed by atoms with Gasteiger partial charge in [0.2, 0.25) is 39.4 Å². The highest BCUT2D eigenvalue weighted by Gasteiger charge is 2.32. The fourth-order valence-electron chi connectivity index (χ4n) is 11.3. The molecule has 0 unspecified atom stereocenters. The van der Waals surface area contributed by atoms with Crippen molar-refractivity contribution in [1.29, 1.82) is 5.41 Å². The van der Waals surface area contributed by atoms with E-state index in [1.165, 1.54) is 23.5 Å². The van der Waals surface area contributed by atoms with E-state index in [-0.39, 0.29) is 54.1 Å². The first-order valence-electron chi connectivity index (χ1n) is 30.2. The number of carbonyl (C=O) groups is 3. The Morgan fingerprint density at radius 3 is 2.20 bits per heavy atom. The molecule has 3 aliphatic rings. The van der Waals surface area contributed by atoms with Gasteiger partial charge in [0.15, 0.2) is 4.80 Å². The molecule has 468 valence electrons. The summed E-state index contributed by atoms with van der Waals surface area (Å²) in [7, 11) is -3.52. The van der Waals surface area contributed by atoms with Gasteiger partial charge in [0.25, 0.3) is 10.1 Å². The number of nitrogens with one attached hydrogen (secondary N) is 6. The van der Waals surface area contributed by atoms with E-state index in [0.717, 1.165) is 80.5 Å². The van der Waals surface area contributed by atoms with Crippen LogP contribution < -0.4 is 50.2 Å². The Labute approximate surface area is 515 Å². The lowest BCUT2D eigenvalue weighted by atomic mass is 9.93. The minimum absolute atomic E-state index is 0.0342. The smallest absolute Gasteiger partial charge is 0.295 e. The van der Waals surface area contributed by atoms with Crippen molar-refractivity contribution in [2.45, 2.75) is 120 Å². The van der Waals surface area contributed by atoms with Crippen LogP contribution in [0.15, 0.2) is 117 Å². The van der Waals surface area contributed by atoms with Crippen molar-refractivity contribution < 1.29 is 44.8 Å². The molecule has 1 aliphatic carbocycles. The van der Waals surface area contributed by atoms with Gasteiger partial charge in [-0.05, 0) is 142 Å². The summed E-state index contributed by atoms with van der Waals surface area (Å²) in [6, 6.07) is 23.3. The van der Waals surface area contributed by atoms with Gasteiger partial charge in [-0.1, -0.05) is 36.4 Å². The third kappa shape index (κ3) is 17.2. The van der Waals surface area contributed by atoms with Crippen molar-refractivity contribution in [2.24, 2.45) is 14.1 Å². The number of hydrogen-bond acceptors (Lipinski definition) is 13. The van der Waals surface area contributed by atoms with E-state index in [4.69, 9.17) is 9.83 Å². The fraction of sp³-hybridized carbons (Fsp3) is 0.460. The summed E-state index contributed by atoms with van der Waals surface area (Å²) >= 11 is 1.21. The number of aryl methyl sites for hydroxylation is 1. The van der Waals surface area contributed by atoms with Crippen LogP contribution >= 0.6 is 11.3 Å². The second-order valence-corrected chi connectivity index (χ2v) is 26.4. The number of anilines is 1. The van der Waals surface area contributed by atoms with E-state index in [0.29, 0.717) is 83.7 Å². The minimum atomic E-state index is -4.97. The topological polar surface area (TPSA) is 260 Å². The Balaban J connectivity index is 0.894. The van der Waals surface area contributed by atoms with Gasteiger partial charge >= 0.3 is 0 Å². The van der Waals surface area contributed by atoms with Crippen LogP contribution in [0.3, 0.4) is 0 Å². The van der Waals surface area contributed by atoms with Gasteiger partial charge in [0, 0.05) is 90.1 Å². The van der Waals surface area contributed by atoms with Crippen molar-refractivity contribution in [2.75, 3.05) is 70.9 Å². The quantitative estimate of drug-likeness (QED) is 0.0134. The van der Waals surface area contributed by atoms with Crippen LogP contribution in [-0.4, -0.2) is 137 Å². The van der Waals surface area contributed by atoms with E-state index in [9.17, 15) is 35.8 Å². The zero-order valence-electron chi connectivity index (χ0n) is 51.1. The number of rotatable bonds is 30. The third-order valence-electron chi connectivity index (χ3n) is 16.4. The van der Waals surface area contributed by atoms with Gasteiger partial charge in [-0.15, -0.1) is 11.3 Å². The molecule has 4 heterocycles. The summed E-state index contributed by atoms with van der Waals surface area (Å²) in [5.74, 6) is -0.652. The summed E-state index contributed by atoms with van der Waals surface area (Å²) in [6.45, 7) is 14.7. The van der Waals surface area contributed by atoms with Crippen molar-refractivity contribution in [3.8, 4) is 22.5 Å². The number of sulfonamides is 1. The monoisotopic (exact) mass is 1250 g/mol. The number of piperidine rings is 1. The minimum Gasteiger partial charge on any atom is -0.456 e. The van der Waals surface area contributed by atoms with Crippen LogP contribution in [0.25, 0.3) is 33.4 Å². The summed E-state index contributed by atoms with van der Waals surface area (Å²) in [6.07, 6.45) is 8.22. The van der Waals surface area contributed by atoms with E-state index in [1.807, 2.05) is 83.3 Å². The Hall–Kier alpha value is -7.06. The van der Waals surface area contributed by atoms with E-state index >= 15 is 0 Å². The number of unbranched alkanes of at least 4 members (excludes halogenated alkanes) is 2. The van der Waals surface area contributed by atoms with Gasteiger partial charge in [0.1, 0.15) is 59.8 Å². The second kappa shape index (κ2) is 30.2. The van der Waals surface area contributed by atoms with E-state index < -0.39 is 43.0 Å². The first-order chi connectivity index (χ1) is 41.7. The zero-order valence-corrected chi connectivity index (χ0v) is 53.6. The highest BCUT2D eigenvalue weighted by molar-refractivity contribution is 7.89.